The number of carbonyl (C=O) groups excluding carboxylic acids is 1. The Labute approximate surface area is 159 Å². The van der Waals surface area contributed by atoms with Crippen LogP contribution in [0.3, 0.4) is 0 Å². The van der Waals surface area contributed by atoms with E-state index in [-0.39, 0.29) is 5.91 Å². The van der Waals surface area contributed by atoms with Gasteiger partial charge in [0, 0.05) is 17.6 Å². The van der Waals surface area contributed by atoms with E-state index >= 15 is 0 Å². The summed E-state index contributed by atoms with van der Waals surface area (Å²) >= 11 is 0. The minimum absolute atomic E-state index is 0.265. The quantitative estimate of drug-likeness (QED) is 0.655. The van der Waals surface area contributed by atoms with Gasteiger partial charge in [-0.2, -0.15) is 0 Å². The smallest absolute Gasteiger partial charge is 0.274 e. The molecule has 5 heteroatoms. The largest absolute Gasteiger partial charge is 0.324 e. The van der Waals surface area contributed by atoms with Crippen molar-refractivity contribution in [3.05, 3.63) is 77.1 Å². The van der Waals surface area contributed by atoms with Crippen molar-refractivity contribution in [3.8, 4) is 0 Å². The van der Waals surface area contributed by atoms with Crippen LogP contribution in [0.5, 0.6) is 0 Å². The first-order valence-corrected chi connectivity index (χ1v) is 9.01. The van der Waals surface area contributed by atoms with Gasteiger partial charge in [-0.1, -0.05) is 43.7 Å². The van der Waals surface area contributed by atoms with Crippen molar-refractivity contribution in [1.29, 1.82) is 0 Å². The van der Waals surface area contributed by atoms with Crippen LogP contribution in [0.2, 0.25) is 0 Å². The van der Waals surface area contributed by atoms with Gasteiger partial charge in [0.15, 0.2) is 0 Å². The lowest BCUT2D eigenvalue weighted by Crippen LogP contribution is -2.14. The predicted molar refractivity (Wildman–Crippen MR) is 110 cm³/mol. The third kappa shape index (κ3) is 4.70. The van der Waals surface area contributed by atoms with Gasteiger partial charge in [-0.15, -0.1) is 0 Å². The number of nitrogens with zero attached hydrogens (tertiary/aromatic N) is 2. The van der Waals surface area contributed by atoms with Crippen LogP contribution in [-0.2, 0) is 0 Å². The highest BCUT2D eigenvalue weighted by Crippen LogP contribution is 2.20. The standard InChI is InChI=1S/C22H24N4O/c1-14(2)17-6-8-18(9-7-17)24-21(27)20-11-12-23-22(26-20)25-19-10-5-15(3)13-16(19)4/h5-14H,1-4H3,(H,24,27)(H,23,25,26). The molecule has 1 amide bonds. The number of carbonyl (C=O) groups is 1. The lowest BCUT2D eigenvalue weighted by Gasteiger charge is -2.10. The van der Waals surface area contributed by atoms with Gasteiger partial charge < -0.3 is 10.6 Å². The van der Waals surface area contributed by atoms with Gasteiger partial charge in [0.25, 0.3) is 5.91 Å². The first kappa shape index (κ1) is 18.6. The number of aromatic nitrogens is 2. The monoisotopic (exact) mass is 360 g/mol. The fourth-order valence-corrected chi connectivity index (χ4v) is 2.77. The molecule has 0 atom stereocenters. The highest BCUT2D eigenvalue weighted by molar-refractivity contribution is 6.03. The van der Waals surface area contributed by atoms with E-state index in [1.165, 1.54) is 11.1 Å². The van der Waals surface area contributed by atoms with Crippen LogP contribution in [0.4, 0.5) is 17.3 Å². The average molecular weight is 360 g/mol. The van der Waals surface area contributed by atoms with Crippen LogP contribution in [0.15, 0.2) is 54.7 Å². The van der Waals surface area contributed by atoms with E-state index in [1.807, 2.05) is 50.2 Å². The Morgan fingerprint density at radius 1 is 1.00 bits per heavy atom. The summed E-state index contributed by atoms with van der Waals surface area (Å²) in [4.78, 5) is 21.1. The minimum Gasteiger partial charge on any atom is -0.324 e. The molecular weight excluding hydrogens is 336 g/mol. The number of nitrogens with one attached hydrogen (secondary N) is 2. The van der Waals surface area contributed by atoms with Crippen LogP contribution >= 0.6 is 0 Å². The van der Waals surface area contributed by atoms with Gasteiger partial charge in [0.2, 0.25) is 5.95 Å². The molecule has 0 aliphatic rings. The number of anilines is 3. The van der Waals surface area contributed by atoms with Crippen molar-refractivity contribution in [3.63, 3.8) is 0 Å². The molecule has 3 aromatic rings. The first-order chi connectivity index (χ1) is 12.9. The van der Waals surface area contributed by atoms with E-state index in [2.05, 4.69) is 40.5 Å². The maximum atomic E-state index is 12.5. The van der Waals surface area contributed by atoms with E-state index < -0.39 is 0 Å². The van der Waals surface area contributed by atoms with E-state index in [9.17, 15) is 4.79 Å². The lowest BCUT2D eigenvalue weighted by molar-refractivity contribution is 0.102. The minimum atomic E-state index is -0.265. The Balaban J connectivity index is 1.73. The summed E-state index contributed by atoms with van der Waals surface area (Å²) in [6.45, 7) is 8.34. The zero-order valence-corrected chi connectivity index (χ0v) is 16.1. The van der Waals surface area contributed by atoms with Gasteiger partial charge >= 0.3 is 0 Å². The molecule has 0 aliphatic carbocycles. The second kappa shape index (κ2) is 7.99. The number of benzene rings is 2. The van der Waals surface area contributed by atoms with Crippen molar-refractivity contribution in [1.82, 2.24) is 9.97 Å². The zero-order valence-electron chi connectivity index (χ0n) is 16.1. The lowest BCUT2D eigenvalue weighted by atomic mass is 10.0. The Morgan fingerprint density at radius 3 is 2.41 bits per heavy atom. The Hall–Kier alpha value is -3.21. The van der Waals surface area contributed by atoms with Crippen molar-refractivity contribution >= 4 is 23.2 Å². The molecule has 1 aromatic heterocycles. The molecule has 27 heavy (non-hydrogen) atoms. The van der Waals surface area contributed by atoms with E-state index in [4.69, 9.17) is 0 Å². The second-order valence-electron chi connectivity index (χ2n) is 6.94. The summed E-state index contributed by atoms with van der Waals surface area (Å²) in [5.74, 6) is 0.582. The molecule has 1 heterocycles. The van der Waals surface area contributed by atoms with Crippen molar-refractivity contribution in [2.75, 3.05) is 10.6 Å². The van der Waals surface area contributed by atoms with Crippen LogP contribution in [0.1, 0.15) is 46.9 Å². The molecular formula is C22H24N4O. The summed E-state index contributed by atoms with van der Waals surface area (Å²) in [6, 6.07) is 15.5. The van der Waals surface area contributed by atoms with Gasteiger partial charge in [-0.3, -0.25) is 4.79 Å². The predicted octanol–water partition coefficient (Wildman–Crippen LogP) is 5.21. The third-order valence-electron chi connectivity index (χ3n) is 4.35. The molecule has 0 saturated heterocycles. The van der Waals surface area contributed by atoms with Gasteiger partial charge in [0.05, 0.1) is 0 Å². The molecule has 0 aliphatic heterocycles. The van der Waals surface area contributed by atoms with E-state index in [0.29, 0.717) is 17.6 Å². The SMILES string of the molecule is Cc1ccc(Nc2nccc(C(=O)Nc3ccc(C(C)C)cc3)n2)c(C)c1. The fourth-order valence-electron chi connectivity index (χ4n) is 2.77. The molecule has 3 rings (SSSR count). The second-order valence-corrected chi connectivity index (χ2v) is 6.94. The van der Waals surface area contributed by atoms with Crippen LogP contribution in [0.25, 0.3) is 0 Å². The summed E-state index contributed by atoms with van der Waals surface area (Å²) in [5.41, 5.74) is 5.49. The average Bonchev–Trinajstić information content (AvgIpc) is 2.65. The molecule has 0 saturated carbocycles. The highest BCUT2D eigenvalue weighted by atomic mass is 16.1. The third-order valence-corrected chi connectivity index (χ3v) is 4.35. The van der Waals surface area contributed by atoms with Crippen LogP contribution < -0.4 is 10.6 Å². The van der Waals surface area contributed by atoms with Gasteiger partial charge in [-0.25, -0.2) is 9.97 Å². The molecule has 138 valence electrons. The van der Waals surface area contributed by atoms with Gasteiger partial charge in [-0.05, 0) is 55.2 Å². The Kier molecular flexibility index (Phi) is 5.50. The summed E-state index contributed by atoms with van der Waals surface area (Å²) < 4.78 is 0. The number of hydrogen-bond donors (Lipinski definition) is 2. The number of aryl methyl sites for hydroxylation is 2. The highest BCUT2D eigenvalue weighted by Gasteiger charge is 2.10. The first-order valence-electron chi connectivity index (χ1n) is 9.01. The molecule has 2 N–H and O–H groups in total. The Bertz CT molecular complexity index is 949. The molecule has 0 fully saturated rings. The summed E-state index contributed by atoms with van der Waals surface area (Å²) in [6.07, 6.45) is 1.58. The Morgan fingerprint density at radius 2 is 1.74 bits per heavy atom. The van der Waals surface area contributed by atoms with E-state index in [0.717, 1.165) is 16.9 Å². The molecule has 0 spiro atoms. The van der Waals surface area contributed by atoms with Crippen LogP contribution in [-0.4, -0.2) is 15.9 Å². The normalized spacial score (nSPS) is 10.7. The molecule has 2 aromatic carbocycles. The molecule has 5 nitrogen and oxygen atoms in total. The topological polar surface area (TPSA) is 66.9 Å². The van der Waals surface area contributed by atoms with Crippen molar-refractivity contribution < 1.29 is 4.79 Å². The fraction of sp³-hybridized carbons (Fsp3) is 0.227. The summed E-state index contributed by atoms with van der Waals surface area (Å²) in [7, 11) is 0. The number of amides is 1. The van der Waals surface area contributed by atoms with Gasteiger partial charge in [0.1, 0.15) is 5.69 Å². The maximum Gasteiger partial charge on any atom is 0.274 e. The zero-order chi connectivity index (χ0) is 19.4. The van der Waals surface area contributed by atoms with Crippen LogP contribution in [0, 0.1) is 13.8 Å². The molecule has 0 bridgehead atoms. The van der Waals surface area contributed by atoms with Crippen molar-refractivity contribution in [2.24, 2.45) is 0 Å². The number of hydrogen-bond acceptors (Lipinski definition) is 4. The van der Waals surface area contributed by atoms with E-state index in [1.54, 1.807) is 12.3 Å². The molecule has 0 radical (unpaired) electrons. The van der Waals surface area contributed by atoms with Crippen molar-refractivity contribution in [2.45, 2.75) is 33.6 Å². The number of rotatable bonds is 5. The summed E-state index contributed by atoms with van der Waals surface area (Å²) in [5, 5.41) is 6.05. The maximum absolute atomic E-state index is 12.5. The molecule has 0 unspecified atom stereocenters.